The highest BCUT2D eigenvalue weighted by atomic mass is 16.6. The van der Waals surface area contributed by atoms with Gasteiger partial charge in [-0.2, -0.15) is 0 Å². The standard InChI is InChI=1S/C20H22N2O4/c1-24-16-5-2-14(3-6-16)13-22-9-8-17(22)20(23)21-15-4-7-18-19(12-15)26-11-10-25-18/h2-7,12,17H,8-11,13H2,1H3,(H,21,23). The summed E-state index contributed by atoms with van der Waals surface area (Å²) in [6.07, 6.45) is 0.868. The minimum atomic E-state index is -0.106. The highest BCUT2D eigenvalue weighted by molar-refractivity contribution is 5.95. The van der Waals surface area contributed by atoms with Crippen LogP contribution in [0.25, 0.3) is 0 Å². The molecule has 2 heterocycles. The fraction of sp³-hybridized carbons (Fsp3) is 0.350. The van der Waals surface area contributed by atoms with Gasteiger partial charge >= 0.3 is 0 Å². The summed E-state index contributed by atoms with van der Waals surface area (Å²) >= 11 is 0. The Bertz CT molecular complexity index is 791. The van der Waals surface area contributed by atoms with Crippen LogP contribution >= 0.6 is 0 Å². The van der Waals surface area contributed by atoms with Crippen LogP contribution in [0.4, 0.5) is 5.69 Å². The number of methoxy groups -OCH3 is 1. The predicted molar refractivity (Wildman–Crippen MR) is 97.9 cm³/mol. The molecule has 1 N–H and O–H groups in total. The summed E-state index contributed by atoms with van der Waals surface area (Å²) in [5, 5.41) is 2.99. The van der Waals surface area contributed by atoms with E-state index >= 15 is 0 Å². The number of carbonyl (C=O) groups is 1. The van der Waals surface area contributed by atoms with Gasteiger partial charge in [-0.25, -0.2) is 0 Å². The molecule has 1 amide bonds. The molecule has 0 aliphatic carbocycles. The van der Waals surface area contributed by atoms with Crippen molar-refractivity contribution in [2.75, 3.05) is 32.2 Å². The SMILES string of the molecule is COc1ccc(CN2CCC2C(=O)Nc2ccc3c(c2)OCCO3)cc1. The molecule has 6 heteroatoms. The number of ether oxygens (including phenoxy) is 3. The van der Waals surface area contributed by atoms with Crippen LogP contribution in [0.5, 0.6) is 17.2 Å². The Kier molecular flexibility index (Phi) is 4.67. The van der Waals surface area contributed by atoms with Crippen LogP contribution in [0, 0.1) is 0 Å². The molecule has 0 bridgehead atoms. The maximum Gasteiger partial charge on any atom is 0.241 e. The number of hydrogen-bond acceptors (Lipinski definition) is 5. The van der Waals surface area contributed by atoms with E-state index in [0.29, 0.717) is 19.0 Å². The number of likely N-dealkylation sites (tertiary alicyclic amines) is 1. The van der Waals surface area contributed by atoms with Crippen molar-refractivity contribution < 1.29 is 19.0 Å². The summed E-state index contributed by atoms with van der Waals surface area (Å²) in [6.45, 7) is 2.76. The van der Waals surface area contributed by atoms with E-state index < -0.39 is 0 Å². The number of nitrogens with one attached hydrogen (secondary N) is 1. The van der Waals surface area contributed by atoms with Crippen molar-refractivity contribution >= 4 is 11.6 Å². The minimum absolute atomic E-state index is 0.0152. The second-order valence-corrected chi connectivity index (χ2v) is 6.47. The highest BCUT2D eigenvalue weighted by Crippen LogP contribution is 2.33. The van der Waals surface area contributed by atoms with E-state index in [2.05, 4.69) is 10.2 Å². The molecule has 6 nitrogen and oxygen atoms in total. The molecule has 1 atom stereocenters. The van der Waals surface area contributed by atoms with Gasteiger partial charge in [0.2, 0.25) is 5.91 Å². The number of carbonyl (C=O) groups excluding carboxylic acids is 1. The molecule has 2 aromatic carbocycles. The first-order chi connectivity index (χ1) is 12.7. The van der Waals surface area contributed by atoms with Gasteiger partial charge in [0.25, 0.3) is 0 Å². The third kappa shape index (κ3) is 3.46. The number of benzene rings is 2. The Morgan fingerprint density at radius 3 is 2.62 bits per heavy atom. The first kappa shape index (κ1) is 16.7. The van der Waals surface area contributed by atoms with E-state index in [1.807, 2.05) is 42.5 Å². The lowest BCUT2D eigenvalue weighted by Gasteiger charge is -2.39. The van der Waals surface area contributed by atoms with Gasteiger partial charge in [-0.1, -0.05) is 12.1 Å². The van der Waals surface area contributed by atoms with Gasteiger partial charge in [0.05, 0.1) is 13.2 Å². The van der Waals surface area contributed by atoms with Crippen molar-refractivity contribution in [3.63, 3.8) is 0 Å². The zero-order valence-electron chi connectivity index (χ0n) is 14.7. The van der Waals surface area contributed by atoms with Gasteiger partial charge in [-0.3, -0.25) is 9.69 Å². The quantitative estimate of drug-likeness (QED) is 0.895. The zero-order chi connectivity index (χ0) is 17.9. The van der Waals surface area contributed by atoms with Gasteiger partial charge in [-0.05, 0) is 36.2 Å². The molecule has 2 aliphatic rings. The number of amides is 1. The minimum Gasteiger partial charge on any atom is -0.497 e. The summed E-state index contributed by atoms with van der Waals surface area (Å²) in [5.74, 6) is 2.25. The number of anilines is 1. The first-order valence-corrected chi connectivity index (χ1v) is 8.80. The van der Waals surface area contributed by atoms with Crippen molar-refractivity contribution in [2.24, 2.45) is 0 Å². The van der Waals surface area contributed by atoms with Crippen LogP contribution in [0.15, 0.2) is 42.5 Å². The number of nitrogens with zero attached hydrogens (tertiary/aromatic N) is 1. The largest absolute Gasteiger partial charge is 0.497 e. The molecular formula is C20H22N2O4. The van der Waals surface area contributed by atoms with E-state index in [-0.39, 0.29) is 11.9 Å². The third-order valence-corrected chi connectivity index (χ3v) is 4.79. The lowest BCUT2D eigenvalue weighted by atomic mass is 10.0. The van der Waals surface area contributed by atoms with E-state index in [0.717, 1.165) is 36.7 Å². The van der Waals surface area contributed by atoms with Crippen LogP contribution in [0.1, 0.15) is 12.0 Å². The van der Waals surface area contributed by atoms with Gasteiger partial charge in [0.15, 0.2) is 11.5 Å². The molecule has 136 valence electrons. The van der Waals surface area contributed by atoms with Crippen LogP contribution in [0.3, 0.4) is 0 Å². The molecule has 1 fully saturated rings. The Hall–Kier alpha value is -2.73. The van der Waals surface area contributed by atoms with Crippen molar-refractivity contribution in [1.82, 2.24) is 4.90 Å². The second kappa shape index (κ2) is 7.25. The molecule has 0 spiro atoms. The number of fused-ring (bicyclic) bond motifs is 1. The molecule has 0 aromatic heterocycles. The Labute approximate surface area is 152 Å². The molecule has 0 radical (unpaired) electrons. The molecule has 2 aliphatic heterocycles. The Morgan fingerprint density at radius 1 is 1.15 bits per heavy atom. The van der Waals surface area contributed by atoms with E-state index in [9.17, 15) is 4.79 Å². The molecule has 0 saturated carbocycles. The van der Waals surface area contributed by atoms with Crippen molar-refractivity contribution in [3.05, 3.63) is 48.0 Å². The zero-order valence-corrected chi connectivity index (χ0v) is 14.7. The number of hydrogen-bond donors (Lipinski definition) is 1. The fourth-order valence-corrected chi connectivity index (χ4v) is 3.24. The first-order valence-electron chi connectivity index (χ1n) is 8.80. The van der Waals surface area contributed by atoms with Crippen molar-refractivity contribution in [1.29, 1.82) is 0 Å². The summed E-state index contributed by atoms with van der Waals surface area (Å²) in [7, 11) is 1.66. The molecule has 4 rings (SSSR count). The van der Waals surface area contributed by atoms with E-state index in [4.69, 9.17) is 14.2 Å². The van der Waals surface area contributed by atoms with Crippen LogP contribution in [-0.2, 0) is 11.3 Å². The molecule has 1 saturated heterocycles. The lowest BCUT2D eigenvalue weighted by molar-refractivity contribution is -0.125. The molecular weight excluding hydrogens is 332 g/mol. The van der Waals surface area contributed by atoms with Gasteiger partial charge in [0, 0.05) is 24.8 Å². The fourth-order valence-electron chi connectivity index (χ4n) is 3.24. The molecule has 1 unspecified atom stereocenters. The molecule has 26 heavy (non-hydrogen) atoms. The Balaban J connectivity index is 1.37. The third-order valence-electron chi connectivity index (χ3n) is 4.79. The summed E-state index contributed by atoms with van der Waals surface area (Å²) < 4.78 is 16.3. The van der Waals surface area contributed by atoms with Gasteiger partial charge in [-0.15, -0.1) is 0 Å². The van der Waals surface area contributed by atoms with Crippen LogP contribution in [0.2, 0.25) is 0 Å². The smallest absolute Gasteiger partial charge is 0.241 e. The van der Waals surface area contributed by atoms with E-state index in [1.54, 1.807) is 7.11 Å². The topological polar surface area (TPSA) is 60.0 Å². The summed E-state index contributed by atoms with van der Waals surface area (Å²) in [4.78, 5) is 14.8. The highest BCUT2D eigenvalue weighted by Gasteiger charge is 2.34. The average molecular weight is 354 g/mol. The second-order valence-electron chi connectivity index (χ2n) is 6.47. The normalized spacial score (nSPS) is 18.7. The van der Waals surface area contributed by atoms with Crippen LogP contribution < -0.4 is 19.5 Å². The van der Waals surface area contributed by atoms with Crippen LogP contribution in [-0.4, -0.2) is 43.7 Å². The molecule has 2 aromatic rings. The Morgan fingerprint density at radius 2 is 1.92 bits per heavy atom. The lowest BCUT2D eigenvalue weighted by Crippen LogP contribution is -2.53. The van der Waals surface area contributed by atoms with Gasteiger partial charge in [0.1, 0.15) is 19.0 Å². The van der Waals surface area contributed by atoms with E-state index in [1.165, 1.54) is 5.56 Å². The van der Waals surface area contributed by atoms with Crippen molar-refractivity contribution in [2.45, 2.75) is 19.0 Å². The van der Waals surface area contributed by atoms with Gasteiger partial charge < -0.3 is 19.5 Å². The maximum atomic E-state index is 12.6. The van der Waals surface area contributed by atoms with Crippen molar-refractivity contribution in [3.8, 4) is 17.2 Å². The maximum absolute atomic E-state index is 12.6. The summed E-state index contributed by atoms with van der Waals surface area (Å²) in [5.41, 5.74) is 1.90. The monoisotopic (exact) mass is 354 g/mol. The predicted octanol–water partition coefficient (Wildman–Crippen LogP) is 2.68. The average Bonchev–Trinajstić information content (AvgIpc) is 2.65. The summed E-state index contributed by atoms with van der Waals surface area (Å²) in [6, 6.07) is 13.3. The number of rotatable bonds is 5.